The van der Waals surface area contributed by atoms with E-state index in [2.05, 4.69) is 0 Å². The first-order valence-corrected chi connectivity index (χ1v) is 25.9. The van der Waals surface area contributed by atoms with Crippen LogP contribution in [0.1, 0.15) is 109 Å². The summed E-state index contributed by atoms with van der Waals surface area (Å²) in [6, 6.07) is -0.521. The molecule has 2 N–H and O–H groups in total. The van der Waals surface area contributed by atoms with Gasteiger partial charge in [0.15, 0.2) is 36.2 Å². The molecule has 3 rings (SSSR count). The van der Waals surface area contributed by atoms with Gasteiger partial charge >= 0.3 is 30.1 Å². The third kappa shape index (κ3) is 17.1. The Bertz CT molecular complexity index is 2110. The van der Waals surface area contributed by atoms with Crippen molar-refractivity contribution in [1.82, 2.24) is 15.5 Å². The van der Waals surface area contributed by atoms with Gasteiger partial charge in [0.05, 0.1) is 30.3 Å². The number of allylic oxidation sites excluding steroid dienone is 1. The Morgan fingerprint density at radius 1 is 0.770 bits per heavy atom. The van der Waals surface area contributed by atoms with Gasteiger partial charge in [-0.2, -0.15) is 0 Å². The molecule has 21 nitrogen and oxygen atoms in total. The number of esters is 3. The van der Waals surface area contributed by atoms with Crippen molar-refractivity contribution in [2.24, 2.45) is 17.8 Å². The fourth-order valence-corrected chi connectivity index (χ4v) is 10.0. The molecule has 3 aliphatic rings. The molecule has 3 heterocycles. The highest BCUT2D eigenvalue weighted by molar-refractivity contribution is 6.77. The summed E-state index contributed by atoms with van der Waals surface area (Å²) in [6.45, 7) is 17.7. The highest BCUT2D eigenvalue weighted by Crippen LogP contribution is 2.43. The van der Waals surface area contributed by atoms with Crippen molar-refractivity contribution in [3.05, 3.63) is 11.6 Å². The zero-order chi connectivity index (χ0) is 56.8. The fourth-order valence-electron chi connectivity index (χ4n) is 9.72. The molecule has 422 valence electrons. The van der Waals surface area contributed by atoms with Gasteiger partial charge in [0.1, 0.15) is 23.4 Å². The molecule has 0 aromatic carbocycles. The van der Waals surface area contributed by atoms with Crippen LogP contribution in [0.4, 0.5) is 9.59 Å². The molecule has 0 spiro atoms. The molecule has 0 saturated carbocycles. The number of carbonyl (C=O) groups excluding carboxylic acids is 8. The second-order valence-electron chi connectivity index (χ2n) is 19.8. The van der Waals surface area contributed by atoms with E-state index in [1.54, 1.807) is 48.7 Å². The first-order valence-electron chi connectivity index (χ1n) is 23.7. The van der Waals surface area contributed by atoms with Gasteiger partial charge in [0.25, 0.3) is 19.4 Å². The largest absolute Gasteiger partial charge is 0.457 e. The number of ether oxygens (including phenoxy) is 10. The second kappa shape index (κ2) is 26.2. The van der Waals surface area contributed by atoms with Crippen LogP contribution in [0.25, 0.3) is 0 Å². The number of alkyl halides is 6. The summed E-state index contributed by atoms with van der Waals surface area (Å²) in [5.41, 5.74) is -5.51. The average molecular weight is 1180 g/mol. The molecule has 0 aliphatic carbocycles. The van der Waals surface area contributed by atoms with Gasteiger partial charge < -0.3 is 52.3 Å². The lowest BCUT2D eigenvalue weighted by molar-refractivity contribution is -0.319. The van der Waals surface area contributed by atoms with Gasteiger partial charge in [-0.3, -0.25) is 39.4 Å². The minimum absolute atomic E-state index is 0.0658. The van der Waals surface area contributed by atoms with E-state index in [0.29, 0.717) is 6.42 Å². The minimum Gasteiger partial charge on any atom is -0.457 e. The maximum Gasteiger partial charge on any atom is 0.414 e. The maximum atomic E-state index is 15.0. The maximum absolute atomic E-state index is 15.0. The number of imide groups is 2. The molecule has 0 radical (unpaired) electrons. The van der Waals surface area contributed by atoms with Gasteiger partial charge in [-0.15, -0.1) is 0 Å². The highest BCUT2D eigenvalue weighted by Gasteiger charge is 2.56. The number of methoxy groups -OCH3 is 1. The van der Waals surface area contributed by atoms with E-state index in [1.807, 2.05) is 15.5 Å². The normalized spacial score (nSPS) is 36.5. The molecule has 27 heteroatoms. The Balaban J connectivity index is 2.48. The molecule has 2 fully saturated rings. The predicted octanol–water partition coefficient (Wildman–Crippen LogP) is 7.14. The molecule has 0 bridgehead atoms. The fraction of sp³-hybridized carbons (Fsp3) is 0.787. The van der Waals surface area contributed by atoms with E-state index in [1.165, 1.54) is 61.7 Å². The van der Waals surface area contributed by atoms with E-state index < -0.39 is 158 Å². The van der Waals surface area contributed by atoms with Crippen molar-refractivity contribution < 1.29 is 85.7 Å². The Kier molecular flexibility index (Phi) is 23.2. The number of hydrogen-bond acceptors (Lipinski definition) is 19. The Hall–Kier alpha value is -2.80. The smallest absolute Gasteiger partial charge is 0.414 e. The molecule has 0 aromatic rings. The van der Waals surface area contributed by atoms with Crippen LogP contribution < -0.4 is 10.6 Å². The number of amides is 4. The number of likely N-dealkylation sites (N-methyl/N-ethyl adjacent to an activating group) is 1. The first kappa shape index (κ1) is 65.5. The monoisotopic (exact) mass is 1170 g/mol. The number of nitrogens with one attached hydrogen (secondary N) is 2. The SMILES string of the molecule is CC[C@H]1OC(=O)[C@H](C)[C@@H](O[C@H]2C[C@@](C)(OC)[C@@H](OC(C)=O)[C@H](C)O2)[C@H](C)[C@@H](O[C@@H]2O[C@H](C)C[C@H](N(C)C)[C@H]2OC(C)=O)[C@](C)(OC(=O)NC(=O)C(Cl)(Cl)Cl)C[C@@H](C)C(=O)/C(C)=C/[C@]1(C)OC(=O)NC(=O)C(Cl)(Cl)Cl. The molecule has 4 amide bonds. The zero-order valence-corrected chi connectivity index (χ0v) is 48.5. The van der Waals surface area contributed by atoms with Gasteiger partial charge in [-0.25, -0.2) is 9.59 Å². The summed E-state index contributed by atoms with van der Waals surface area (Å²) in [5.74, 6) is -9.52. The van der Waals surface area contributed by atoms with Crippen LogP contribution in [0.3, 0.4) is 0 Å². The molecule has 16 atom stereocenters. The minimum atomic E-state index is -2.66. The summed E-state index contributed by atoms with van der Waals surface area (Å²) >= 11 is 34.6. The van der Waals surface area contributed by atoms with E-state index in [0.717, 1.165) is 0 Å². The molecule has 74 heavy (non-hydrogen) atoms. The summed E-state index contributed by atoms with van der Waals surface area (Å²) in [4.78, 5) is 110. The number of hydrogen-bond donors (Lipinski definition) is 2. The van der Waals surface area contributed by atoms with Crippen LogP contribution in [0.15, 0.2) is 11.6 Å². The van der Waals surface area contributed by atoms with Gasteiger partial charge in [0.2, 0.25) is 0 Å². The Morgan fingerprint density at radius 3 is 1.80 bits per heavy atom. The third-order valence-electron chi connectivity index (χ3n) is 13.2. The molecule has 0 aromatic heterocycles. The van der Waals surface area contributed by atoms with Crippen molar-refractivity contribution in [2.45, 2.75) is 195 Å². The van der Waals surface area contributed by atoms with Crippen LogP contribution >= 0.6 is 69.6 Å². The molecule has 3 aliphatic heterocycles. The lowest BCUT2D eigenvalue weighted by atomic mass is 9.76. The van der Waals surface area contributed by atoms with E-state index in [9.17, 15) is 38.4 Å². The third-order valence-corrected chi connectivity index (χ3v) is 14.3. The van der Waals surface area contributed by atoms with Crippen molar-refractivity contribution >= 4 is 117 Å². The second-order valence-corrected chi connectivity index (χ2v) is 24.4. The van der Waals surface area contributed by atoms with Crippen LogP contribution in [0, 0.1) is 17.8 Å². The van der Waals surface area contributed by atoms with Crippen LogP contribution in [0.2, 0.25) is 0 Å². The number of cyclic esters (lactones) is 1. The Labute approximate surface area is 461 Å². The first-order chi connectivity index (χ1) is 33.8. The molecular weight excluding hydrogens is 1110 g/mol. The van der Waals surface area contributed by atoms with E-state index in [4.69, 9.17) is 117 Å². The quantitative estimate of drug-likeness (QED) is 0.118. The average Bonchev–Trinajstić information content (AvgIpc) is 3.25. The lowest BCUT2D eigenvalue weighted by Gasteiger charge is -2.50. The number of alkyl carbamates (subject to hydrolysis) is 2. The van der Waals surface area contributed by atoms with Crippen LogP contribution in [-0.2, 0) is 76.1 Å². The van der Waals surface area contributed by atoms with Gasteiger partial charge in [-0.05, 0) is 93.5 Å². The van der Waals surface area contributed by atoms with Gasteiger partial charge in [-0.1, -0.05) is 90.4 Å². The number of carbonyl (C=O) groups is 8. The highest BCUT2D eigenvalue weighted by atomic mass is 35.6. The number of Topliss-reactive ketones (excluding diaryl/α,β-unsaturated/α-hetero) is 1. The predicted molar refractivity (Wildman–Crippen MR) is 269 cm³/mol. The van der Waals surface area contributed by atoms with E-state index >= 15 is 0 Å². The van der Waals surface area contributed by atoms with Crippen molar-refractivity contribution in [3.63, 3.8) is 0 Å². The molecule has 0 unspecified atom stereocenters. The number of nitrogens with zero attached hydrogens (tertiary/aromatic N) is 1. The number of halogens is 6. The van der Waals surface area contributed by atoms with E-state index in [-0.39, 0.29) is 18.4 Å². The van der Waals surface area contributed by atoms with Crippen molar-refractivity contribution in [1.29, 1.82) is 0 Å². The zero-order valence-electron chi connectivity index (χ0n) is 44.0. The van der Waals surface area contributed by atoms with Crippen molar-refractivity contribution in [2.75, 3.05) is 21.2 Å². The summed E-state index contributed by atoms with van der Waals surface area (Å²) in [5, 5.41) is 3.71. The topological polar surface area (TPSA) is 256 Å². The van der Waals surface area contributed by atoms with Crippen molar-refractivity contribution in [3.8, 4) is 0 Å². The standard InChI is InChI=1S/C47H69Cl6N3O18/c1-16-30-43(10,73-41(63)54-39(61)46(48,49)50)18-21(2)32(59)22(3)19-45(12,74-42(64)55-40(62)47(51,52)53)35(72-38-34(68-27(8)57)29(56(13)14)17-23(4)66-38)24(5)33(25(6)37(60)70-30)71-31-20-44(11,65-15)36(26(7)67-31)69-28(9)58/h18,22-26,29-31,33-36,38H,16-17,19-20H2,1-15H3,(H,54,61,63)(H,55,62,64)/b21-18+/t22-,23-,24+,25-,26+,29+,30-,31+,33+,34-,35-,36+,38+,43+,44-,45-/m1/s1. The number of rotatable bonds is 11. The molecule has 2 saturated heterocycles. The summed E-state index contributed by atoms with van der Waals surface area (Å²) in [6.07, 6.45) is -12.7. The lowest BCUT2D eigenvalue weighted by Crippen LogP contribution is -2.62. The Morgan fingerprint density at radius 2 is 1.31 bits per heavy atom. The number of ketones is 1. The molecular formula is C47H69Cl6N3O18. The summed E-state index contributed by atoms with van der Waals surface area (Å²) in [7, 11) is 4.93. The summed E-state index contributed by atoms with van der Waals surface area (Å²) < 4.78 is 56.9. The van der Waals surface area contributed by atoms with Crippen LogP contribution in [0.5, 0.6) is 0 Å². The van der Waals surface area contributed by atoms with Gasteiger partial charge in [0, 0.05) is 39.2 Å². The van der Waals surface area contributed by atoms with Crippen LogP contribution in [-0.4, -0.2) is 160 Å².